The number of ether oxygens (including phenoxy) is 1. The monoisotopic (exact) mass is 381 g/mol. The molecule has 144 valence electrons. The Balaban J connectivity index is 1.49. The first-order valence-corrected chi connectivity index (χ1v) is 9.68. The maximum absolute atomic E-state index is 12.7. The molecule has 0 aliphatic rings. The number of carbonyl (C=O) groups excluding carboxylic acids is 1. The van der Waals surface area contributed by atoms with E-state index in [0.29, 0.717) is 12.2 Å². The van der Waals surface area contributed by atoms with Crippen molar-refractivity contribution in [2.45, 2.75) is 20.5 Å². The summed E-state index contributed by atoms with van der Waals surface area (Å²) in [5, 5.41) is 5.21. The Morgan fingerprint density at radius 1 is 0.828 bits per heavy atom. The fourth-order valence-electron chi connectivity index (χ4n) is 3.54. The van der Waals surface area contributed by atoms with Crippen LogP contribution in [0.3, 0.4) is 0 Å². The van der Waals surface area contributed by atoms with Crippen molar-refractivity contribution < 1.29 is 9.53 Å². The maximum atomic E-state index is 12.7. The van der Waals surface area contributed by atoms with Gasteiger partial charge in [0.25, 0.3) is 5.91 Å². The van der Waals surface area contributed by atoms with Gasteiger partial charge in [-0.25, -0.2) is 0 Å². The summed E-state index contributed by atoms with van der Waals surface area (Å²) in [7, 11) is 0. The van der Waals surface area contributed by atoms with Gasteiger partial charge in [0.15, 0.2) is 0 Å². The summed E-state index contributed by atoms with van der Waals surface area (Å²) in [6, 6.07) is 27.8. The summed E-state index contributed by atoms with van der Waals surface area (Å²) in [6.07, 6.45) is 0. The molecule has 1 N–H and O–H groups in total. The minimum atomic E-state index is -0.123. The zero-order chi connectivity index (χ0) is 20.2. The minimum absolute atomic E-state index is 0.123. The quantitative estimate of drug-likeness (QED) is 0.441. The first kappa shape index (κ1) is 18.8. The molecule has 4 aromatic rings. The van der Waals surface area contributed by atoms with Crippen molar-refractivity contribution in [3.8, 4) is 5.75 Å². The van der Waals surface area contributed by atoms with Gasteiger partial charge in [0, 0.05) is 16.6 Å². The van der Waals surface area contributed by atoms with Gasteiger partial charge in [0.05, 0.1) is 0 Å². The molecule has 4 rings (SSSR count). The van der Waals surface area contributed by atoms with Crippen molar-refractivity contribution in [1.29, 1.82) is 0 Å². The highest BCUT2D eigenvalue weighted by Gasteiger charge is 2.09. The van der Waals surface area contributed by atoms with E-state index in [1.54, 1.807) is 0 Å². The summed E-state index contributed by atoms with van der Waals surface area (Å²) >= 11 is 0. The van der Waals surface area contributed by atoms with E-state index in [-0.39, 0.29) is 5.91 Å². The first-order valence-electron chi connectivity index (χ1n) is 9.68. The largest absolute Gasteiger partial charge is 0.488 e. The van der Waals surface area contributed by atoms with Gasteiger partial charge in [0.1, 0.15) is 12.4 Å². The highest BCUT2D eigenvalue weighted by atomic mass is 16.5. The number of benzene rings is 4. The van der Waals surface area contributed by atoms with Gasteiger partial charge in [0.2, 0.25) is 0 Å². The third-order valence-electron chi connectivity index (χ3n) is 4.81. The lowest BCUT2D eigenvalue weighted by atomic mass is 10.1. The van der Waals surface area contributed by atoms with Crippen LogP contribution in [0.5, 0.6) is 5.75 Å². The fraction of sp³-hybridized carbons (Fsp3) is 0.115. The van der Waals surface area contributed by atoms with Crippen LogP contribution in [0.1, 0.15) is 27.0 Å². The summed E-state index contributed by atoms with van der Waals surface area (Å²) in [6.45, 7) is 4.44. The molecule has 0 aliphatic heterocycles. The van der Waals surface area contributed by atoms with Crippen LogP contribution in [0.2, 0.25) is 0 Å². The Bertz CT molecular complexity index is 1150. The van der Waals surface area contributed by atoms with Crippen LogP contribution in [0, 0.1) is 13.8 Å². The van der Waals surface area contributed by atoms with Crippen LogP contribution < -0.4 is 10.1 Å². The molecule has 1 amide bonds. The second-order valence-corrected chi connectivity index (χ2v) is 7.30. The number of hydrogen-bond acceptors (Lipinski definition) is 2. The van der Waals surface area contributed by atoms with Gasteiger partial charge < -0.3 is 10.1 Å². The van der Waals surface area contributed by atoms with Crippen LogP contribution in [0.15, 0.2) is 84.9 Å². The number of aryl methyl sites for hydroxylation is 2. The number of carbonyl (C=O) groups is 1. The highest BCUT2D eigenvalue weighted by Crippen LogP contribution is 2.26. The Morgan fingerprint density at radius 3 is 2.38 bits per heavy atom. The van der Waals surface area contributed by atoms with Crippen molar-refractivity contribution in [2.75, 3.05) is 5.32 Å². The molecule has 0 saturated carbocycles. The average molecular weight is 381 g/mol. The Hall–Kier alpha value is -3.59. The van der Waals surface area contributed by atoms with Crippen LogP contribution in [-0.2, 0) is 6.61 Å². The molecule has 29 heavy (non-hydrogen) atoms. The predicted molar refractivity (Wildman–Crippen MR) is 119 cm³/mol. The zero-order valence-electron chi connectivity index (χ0n) is 16.6. The third-order valence-corrected chi connectivity index (χ3v) is 4.81. The van der Waals surface area contributed by atoms with E-state index >= 15 is 0 Å². The van der Waals surface area contributed by atoms with Crippen LogP contribution in [-0.4, -0.2) is 5.91 Å². The third kappa shape index (κ3) is 4.46. The van der Waals surface area contributed by atoms with Crippen LogP contribution in [0.4, 0.5) is 5.69 Å². The molecule has 3 nitrogen and oxygen atoms in total. The summed E-state index contributed by atoms with van der Waals surface area (Å²) in [5.41, 5.74) is 4.62. The predicted octanol–water partition coefficient (Wildman–Crippen LogP) is 6.29. The molecule has 0 unspecified atom stereocenters. The molecule has 0 bridgehead atoms. The molecule has 0 saturated heterocycles. The summed E-state index contributed by atoms with van der Waals surface area (Å²) in [4.78, 5) is 12.7. The number of rotatable bonds is 5. The fourth-order valence-corrected chi connectivity index (χ4v) is 3.54. The maximum Gasteiger partial charge on any atom is 0.255 e. The smallest absolute Gasteiger partial charge is 0.255 e. The van der Waals surface area contributed by atoms with E-state index in [1.165, 1.54) is 0 Å². The molecule has 0 fully saturated rings. The molecule has 0 aliphatic carbocycles. The average Bonchev–Trinajstić information content (AvgIpc) is 2.71. The second kappa shape index (κ2) is 8.19. The van der Waals surface area contributed by atoms with Crippen LogP contribution in [0.25, 0.3) is 10.8 Å². The molecule has 0 radical (unpaired) electrons. The standard InChI is InChI=1S/C26H23NO2/c1-18-13-19(2)15-23(14-18)27-26(28)22-10-5-7-20(16-22)17-29-25-12-6-9-21-8-3-4-11-24(21)25/h3-16H,17H2,1-2H3,(H,27,28). The van der Waals surface area contributed by atoms with Gasteiger partial charge >= 0.3 is 0 Å². The molecular weight excluding hydrogens is 358 g/mol. The van der Waals surface area contributed by atoms with Gasteiger partial charge in [-0.3, -0.25) is 4.79 Å². The van der Waals surface area contributed by atoms with Crippen molar-refractivity contribution in [1.82, 2.24) is 0 Å². The van der Waals surface area contributed by atoms with Crippen molar-refractivity contribution in [3.63, 3.8) is 0 Å². The minimum Gasteiger partial charge on any atom is -0.488 e. The number of anilines is 1. The normalized spacial score (nSPS) is 10.7. The Kier molecular flexibility index (Phi) is 5.30. The Morgan fingerprint density at radius 2 is 1.55 bits per heavy atom. The molecule has 0 atom stereocenters. The summed E-state index contributed by atoms with van der Waals surface area (Å²) in [5.74, 6) is 0.718. The summed E-state index contributed by atoms with van der Waals surface area (Å²) < 4.78 is 6.06. The highest BCUT2D eigenvalue weighted by molar-refractivity contribution is 6.04. The van der Waals surface area contributed by atoms with Gasteiger partial charge in [-0.05, 0) is 66.3 Å². The molecule has 4 aromatic carbocycles. The number of hydrogen-bond donors (Lipinski definition) is 1. The lowest BCUT2D eigenvalue weighted by molar-refractivity contribution is 0.102. The van der Waals surface area contributed by atoms with Gasteiger partial charge in [-0.1, -0.05) is 54.6 Å². The number of fused-ring (bicyclic) bond motifs is 1. The number of nitrogens with one attached hydrogen (secondary N) is 1. The van der Waals surface area contributed by atoms with Gasteiger partial charge in [-0.2, -0.15) is 0 Å². The lowest BCUT2D eigenvalue weighted by Crippen LogP contribution is -2.12. The number of amides is 1. The van der Waals surface area contributed by atoms with E-state index in [9.17, 15) is 4.79 Å². The van der Waals surface area contributed by atoms with E-state index in [0.717, 1.165) is 38.9 Å². The molecule has 0 spiro atoms. The Labute approximate surface area is 171 Å². The topological polar surface area (TPSA) is 38.3 Å². The SMILES string of the molecule is Cc1cc(C)cc(NC(=O)c2cccc(COc3cccc4ccccc34)c2)c1. The molecule has 0 heterocycles. The van der Waals surface area contributed by atoms with E-state index < -0.39 is 0 Å². The lowest BCUT2D eigenvalue weighted by Gasteiger charge is -2.11. The zero-order valence-corrected chi connectivity index (χ0v) is 16.6. The van der Waals surface area contributed by atoms with Gasteiger partial charge in [-0.15, -0.1) is 0 Å². The van der Waals surface area contributed by atoms with E-state index in [2.05, 4.69) is 29.6 Å². The van der Waals surface area contributed by atoms with Crippen molar-refractivity contribution in [3.05, 3.63) is 107 Å². The molecule has 3 heteroatoms. The van der Waals surface area contributed by atoms with E-state index in [1.807, 2.05) is 74.5 Å². The van der Waals surface area contributed by atoms with E-state index in [4.69, 9.17) is 4.74 Å². The van der Waals surface area contributed by atoms with Crippen LogP contribution >= 0.6 is 0 Å². The van der Waals surface area contributed by atoms with Crippen molar-refractivity contribution >= 4 is 22.4 Å². The first-order chi connectivity index (χ1) is 14.1. The molecular formula is C26H23NO2. The second-order valence-electron chi connectivity index (χ2n) is 7.30. The van der Waals surface area contributed by atoms with Crippen molar-refractivity contribution in [2.24, 2.45) is 0 Å². The molecule has 0 aromatic heterocycles.